The average Bonchev–Trinajstić information content (AvgIpc) is 2.36. The van der Waals surface area contributed by atoms with Crippen LogP contribution in [0.5, 0.6) is 0 Å². The summed E-state index contributed by atoms with van der Waals surface area (Å²) in [7, 11) is 0. The summed E-state index contributed by atoms with van der Waals surface area (Å²) in [5.41, 5.74) is 0. The first-order valence-electron chi connectivity index (χ1n) is 8.07. The topological polar surface area (TPSA) is 0 Å². The fraction of sp³-hybridized carbons (Fsp3) is 1.00. The van der Waals surface area contributed by atoms with Gasteiger partial charge in [0.1, 0.15) is 0 Å². The van der Waals surface area contributed by atoms with Crippen molar-refractivity contribution in [2.75, 3.05) is 0 Å². The lowest BCUT2D eigenvalue weighted by atomic mass is 9.80. The smallest absolute Gasteiger partial charge is 0.0412 e. The van der Waals surface area contributed by atoms with Crippen LogP contribution in [0.4, 0.5) is 0 Å². The van der Waals surface area contributed by atoms with Gasteiger partial charge in [-0.05, 0) is 42.9 Å². The molecule has 0 saturated carbocycles. The predicted octanol–water partition coefficient (Wildman–Crippen LogP) is 6.30. The quantitative estimate of drug-likeness (QED) is 0.420. The van der Waals surface area contributed by atoms with Gasteiger partial charge in [-0.15, -0.1) is 0 Å². The normalized spacial score (nSPS) is 18.7. The van der Waals surface area contributed by atoms with E-state index in [9.17, 15) is 0 Å². The molecule has 0 rings (SSSR count). The summed E-state index contributed by atoms with van der Waals surface area (Å²) in [6, 6.07) is 0. The Hall–Kier alpha value is 0. The Morgan fingerprint density at radius 1 is 0.529 bits per heavy atom. The van der Waals surface area contributed by atoms with Crippen LogP contribution in [-0.2, 0) is 0 Å². The molecule has 0 radical (unpaired) electrons. The van der Waals surface area contributed by atoms with Gasteiger partial charge in [-0.25, -0.2) is 0 Å². The van der Waals surface area contributed by atoms with Crippen LogP contribution in [0.1, 0.15) is 86.5 Å². The van der Waals surface area contributed by atoms with Crippen molar-refractivity contribution in [1.82, 2.24) is 0 Å². The third-order valence-electron chi connectivity index (χ3n) is 4.69. The van der Waals surface area contributed by atoms with E-state index in [0.717, 1.165) is 23.7 Å². The lowest BCUT2D eigenvalue weighted by molar-refractivity contribution is 0.263. The molecule has 0 aliphatic heterocycles. The number of rotatable bonds is 10. The molecule has 0 N–H and O–H groups in total. The van der Waals surface area contributed by atoms with Crippen LogP contribution >= 0.6 is 0 Å². The maximum atomic E-state index is 2.41. The molecule has 0 aliphatic carbocycles. The molecule has 0 heterocycles. The van der Waals surface area contributed by atoms with Crippen molar-refractivity contribution in [2.24, 2.45) is 23.7 Å². The van der Waals surface area contributed by atoms with E-state index in [2.05, 4.69) is 41.5 Å². The van der Waals surface area contributed by atoms with E-state index in [1.165, 1.54) is 44.9 Å². The second-order valence-corrected chi connectivity index (χ2v) is 6.28. The van der Waals surface area contributed by atoms with E-state index in [-0.39, 0.29) is 0 Å². The maximum Gasteiger partial charge on any atom is -0.0412 e. The lowest BCUT2D eigenvalue weighted by Gasteiger charge is -2.25. The molecule has 0 bridgehead atoms. The highest BCUT2D eigenvalue weighted by Crippen LogP contribution is 2.30. The second kappa shape index (κ2) is 9.97. The van der Waals surface area contributed by atoms with Crippen molar-refractivity contribution in [3.63, 3.8) is 0 Å². The van der Waals surface area contributed by atoms with Crippen LogP contribution < -0.4 is 0 Å². The highest BCUT2D eigenvalue weighted by molar-refractivity contribution is 4.69. The summed E-state index contributed by atoms with van der Waals surface area (Å²) in [6.07, 6.45) is 9.82. The highest BCUT2D eigenvalue weighted by atomic mass is 14.2. The largest absolute Gasteiger partial charge is 0.0651 e. The zero-order valence-electron chi connectivity index (χ0n) is 13.3. The standard InChI is InChI=1S/C17H36/c1-7-14(5)11-16(9-3)13-17(10-4)12-15(6)8-2/h14-17H,7-13H2,1-6H3. The predicted molar refractivity (Wildman–Crippen MR) is 80.3 cm³/mol. The minimum atomic E-state index is 0.918. The van der Waals surface area contributed by atoms with Crippen molar-refractivity contribution >= 4 is 0 Å². The summed E-state index contributed by atoms with van der Waals surface area (Å²) < 4.78 is 0. The van der Waals surface area contributed by atoms with Crippen molar-refractivity contribution in [2.45, 2.75) is 86.5 Å². The minimum absolute atomic E-state index is 0.918. The highest BCUT2D eigenvalue weighted by Gasteiger charge is 2.17. The molecule has 0 saturated heterocycles. The first-order valence-corrected chi connectivity index (χ1v) is 8.07. The Morgan fingerprint density at radius 2 is 0.882 bits per heavy atom. The molecule has 0 spiro atoms. The third-order valence-corrected chi connectivity index (χ3v) is 4.69. The van der Waals surface area contributed by atoms with Crippen molar-refractivity contribution in [3.8, 4) is 0 Å². The van der Waals surface area contributed by atoms with E-state index in [4.69, 9.17) is 0 Å². The Balaban J connectivity index is 4.11. The Labute approximate surface area is 111 Å². The molecule has 0 amide bonds. The van der Waals surface area contributed by atoms with Crippen LogP contribution in [0.3, 0.4) is 0 Å². The Bertz CT molecular complexity index is 143. The third kappa shape index (κ3) is 7.84. The van der Waals surface area contributed by atoms with E-state index >= 15 is 0 Å². The first kappa shape index (κ1) is 17.0. The molecule has 104 valence electrons. The van der Waals surface area contributed by atoms with Crippen LogP contribution in [-0.4, -0.2) is 0 Å². The zero-order chi connectivity index (χ0) is 13.3. The van der Waals surface area contributed by atoms with Crippen LogP contribution in [0, 0.1) is 23.7 Å². The summed E-state index contributed by atoms with van der Waals surface area (Å²) in [6.45, 7) is 14.2. The van der Waals surface area contributed by atoms with E-state index in [1.807, 2.05) is 0 Å². The molecule has 0 aromatic rings. The van der Waals surface area contributed by atoms with E-state index < -0.39 is 0 Å². The van der Waals surface area contributed by atoms with Gasteiger partial charge in [-0.2, -0.15) is 0 Å². The average molecular weight is 240 g/mol. The van der Waals surface area contributed by atoms with E-state index in [0.29, 0.717) is 0 Å². The van der Waals surface area contributed by atoms with Crippen LogP contribution in [0.2, 0.25) is 0 Å². The monoisotopic (exact) mass is 240 g/mol. The molecule has 4 atom stereocenters. The van der Waals surface area contributed by atoms with Gasteiger partial charge in [-0.3, -0.25) is 0 Å². The summed E-state index contributed by atoms with van der Waals surface area (Å²) in [5.74, 6) is 3.78. The Kier molecular flexibility index (Phi) is 9.97. The van der Waals surface area contributed by atoms with Crippen LogP contribution in [0.25, 0.3) is 0 Å². The summed E-state index contributed by atoms with van der Waals surface area (Å²) in [4.78, 5) is 0. The van der Waals surface area contributed by atoms with Gasteiger partial charge < -0.3 is 0 Å². The molecular formula is C17H36. The lowest BCUT2D eigenvalue weighted by Crippen LogP contribution is -2.13. The van der Waals surface area contributed by atoms with Gasteiger partial charge in [0.2, 0.25) is 0 Å². The molecule has 0 fully saturated rings. The number of hydrogen-bond acceptors (Lipinski definition) is 0. The molecule has 0 nitrogen and oxygen atoms in total. The fourth-order valence-electron chi connectivity index (χ4n) is 2.80. The molecule has 0 aromatic heterocycles. The minimum Gasteiger partial charge on any atom is -0.0651 e. The fourth-order valence-corrected chi connectivity index (χ4v) is 2.80. The second-order valence-electron chi connectivity index (χ2n) is 6.28. The molecule has 0 aliphatic rings. The van der Waals surface area contributed by atoms with Crippen molar-refractivity contribution < 1.29 is 0 Å². The molecule has 4 unspecified atom stereocenters. The van der Waals surface area contributed by atoms with Gasteiger partial charge in [-0.1, -0.05) is 67.2 Å². The van der Waals surface area contributed by atoms with Gasteiger partial charge >= 0.3 is 0 Å². The van der Waals surface area contributed by atoms with Crippen LogP contribution in [0.15, 0.2) is 0 Å². The number of hydrogen-bond donors (Lipinski definition) is 0. The SMILES string of the molecule is CCC(C)CC(CC)CC(CC)CC(C)CC. The van der Waals surface area contributed by atoms with E-state index in [1.54, 1.807) is 0 Å². The molecule has 0 heteroatoms. The van der Waals surface area contributed by atoms with Gasteiger partial charge in [0.15, 0.2) is 0 Å². The molecule has 0 aromatic carbocycles. The zero-order valence-corrected chi connectivity index (χ0v) is 13.3. The molecule has 17 heavy (non-hydrogen) atoms. The summed E-state index contributed by atoms with van der Waals surface area (Å²) in [5, 5.41) is 0. The van der Waals surface area contributed by atoms with Gasteiger partial charge in [0.25, 0.3) is 0 Å². The van der Waals surface area contributed by atoms with Gasteiger partial charge in [0.05, 0.1) is 0 Å². The first-order chi connectivity index (χ1) is 8.07. The van der Waals surface area contributed by atoms with Crippen molar-refractivity contribution in [3.05, 3.63) is 0 Å². The maximum absolute atomic E-state index is 2.41. The van der Waals surface area contributed by atoms with Crippen molar-refractivity contribution in [1.29, 1.82) is 0 Å². The van der Waals surface area contributed by atoms with Gasteiger partial charge in [0, 0.05) is 0 Å². The Morgan fingerprint density at radius 3 is 1.12 bits per heavy atom. The molecular weight excluding hydrogens is 204 g/mol. The summed E-state index contributed by atoms with van der Waals surface area (Å²) >= 11 is 0.